The summed E-state index contributed by atoms with van der Waals surface area (Å²) in [6, 6.07) is 16.2. The first kappa shape index (κ1) is 23.9. The zero-order chi connectivity index (χ0) is 25.4. The predicted octanol–water partition coefficient (Wildman–Crippen LogP) is 4.83. The lowest BCUT2D eigenvalue weighted by Crippen LogP contribution is -2.37. The minimum Gasteiger partial charge on any atom is -0.497 e. The van der Waals surface area contributed by atoms with Crippen LogP contribution in [0.15, 0.2) is 54.6 Å². The minimum absolute atomic E-state index is 0.0783. The molecule has 1 fully saturated rings. The number of fused-ring (bicyclic) bond motifs is 1. The van der Waals surface area contributed by atoms with Gasteiger partial charge in [0.05, 0.1) is 20.6 Å². The Labute approximate surface area is 209 Å². The van der Waals surface area contributed by atoms with Gasteiger partial charge in [-0.2, -0.15) is 0 Å². The first-order chi connectivity index (χ1) is 17.4. The van der Waals surface area contributed by atoms with Crippen molar-refractivity contribution in [3.05, 3.63) is 82.7 Å². The first-order valence-electron chi connectivity index (χ1n) is 12.0. The number of halogens is 1. The normalized spacial score (nSPS) is 18.4. The third-order valence-corrected chi connectivity index (χ3v) is 7.23. The fraction of sp³-hybridized carbons (Fsp3) is 0.310. The van der Waals surface area contributed by atoms with Gasteiger partial charge in [0.2, 0.25) is 5.91 Å². The highest BCUT2D eigenvalue weighted by Crippen LogP contribution is 2.49. The number of aliphatic carboxylic acids is 1. The molecule has 186 valence electrons. The summed E-state index contributed by atoms with van der Waals surface area (Å²) in [6.45, 7) is 0.771. The van der Waals surface area contributed by atoms with E-state index in [9.17, 15) is 19.1 Å². The van der Waals surface area contributed by atoms with Crippen molar-refractivity contribution in [2.45, 2.75) is 31.7 Å². The van der Waals surface area contributed by atoms with E-state index >= 15 is 0 Å². The van der Waals surface area contributed by atoms with Crippen LogP contribution in [0.4, 0.5) is 4.39 Å². The van der Waals surface area contributed by atoms with Gasteiger partial charge in [-0.3, -0.25) is 9.59 Å². The smallest absolute Gasteiger partial charge is 0.307 e. The summed E-state index contributed by atoms with van der Waals surface area (Å²) in [5, 5.41) is 9.24. The second-order valence-electron chi connectivity index (χ2n) is 9.39. The van der Waals surface area contributed by atoms with E-state index in [1.54, 1.807) is 38.5 Å². The summed E-state index contributed by atoms with van der Waals surface area (Å²) in [7, 11) is 3.18. The molecule has 0 aromatic heterocycles. The third-order valence-electron chi connectivity index (χ3n) is 7.23. The number of nitrogens with zero attached hydrogens (tertiary/aromatic N) is 1. The minimum atomic E-state index is -0.931. The molecule has 0 spiro atoms. The molecule has 3 aromatic rings. The van der Waals surface area contributed by atoms with Crippen LogP contribution in [-0.4, -0.2) is 42.6 Å². The van der Waals surface area contributed by atoms with E-state index in [2.05, 4.69) is 0 Å². The molecule has 2 atom stereocenters. The van der Waals surface area contributed by atoms with Crippen molar-refractivity contribution in [3.63, 3.8) is 0 Å². The second kappa shape index (κ2) is 9.64. The fourth-order valence-electron chi connectivity index (χ4n) is 5.24. The number of rotatable bonds is 7. The second-order valence-corrected chi connectivity index (χ2v) is 9.39. The summed E-state index contributed by atoms with van der Waals surface area (Å²) in [5.74, 6) is 0.331. The van der Waals surface area contributed by atoms with Crippen LogP contribution >= 0.6 is 0 Å². The van der Waals surface area contributed by atoms with Crippen LogP contribution in [-0.2, 0) is 29.0 Å². The zero-order valence-electron chi connectivity index (χ0n) is 20.3. The van der Waals surface area contributed by atoms with E-state index in [-0.39, 0.29) is 30.0 Å². The molecule has 1 aliphatic heterocycles. The zero-order valence-corrected chi connectivity index (χ0v) is 20.3. The number of amides is 1. The van der Waals surface area contributed by atoms with Crippen LogP contribution in [0.2, 0.25) is 0 Å². The van der Waals surface area contributed by atoms with Crippen molar-refractivity contribution >= 4 is 11.9 Å². The highest BCUT2D eigenvalue weighted by molar-refractivity contribution is 5.84. The van der Waals surface area contributed by atoms with Gasteiger partial charge in [0.25, 0.3) is 0 Å². The fourth-order valence-corrected chi connectivity index (χ4v) is 5.24. The third kappa shape index (κ3) is 4.53. The Morgan fingerprint density at radius 2 is 1.78 bits per heavy atom. The van der Waals surface area contributed by atoms with E-state index in [4.69, 9.17) is 9.47 Å². The van der Waals surface area contributed by atoms with Crippen molar-refractivity contribution in [2.24, 2.45) is 5.92 Å². The van der Waals surface area contributed by atoms with Gasteiger partial charge in [-0.1, -0.05) is 24.3 Å². The molecule has 1 N–H and O–H groups in total. The standard InChI is InChI=1S/C29H28FNO5/c1-35-19-6-4-18(5-7-19)22-15-24(22)29(34)31-12-11-21-25(16-31)20(8-9-26(21)30)23-13-17(14-28(32)33)3-10-27(23)36-2/h3-10,13,22,24H,11-12,14-16H2,1-2H3,(H,32,33)/t22-,24+/m0/s1. The Morgan fingerprint density at radius 1 is 1.00 bits per heavy atom. The average molecular weight is 490 g/mol. The molecule has 0 unspecified atom stereocenters. The van der Waals surface area contributed by atoms with Crippen LogP contribution in [0.1, 0.15) is 34.6 Å². The maximum Gasteiger partial charge on any atom is 0.307 e. The molecule has 1 heterocycles. The maximum atomic E-state index is 14.8. The first-order valence-corrected chi connectivity index (χ1v) is 12.0. The van der Waals surface area contributed by atoms with Gasteiger partial charge in [-0.05, 0) is 76.9 Å². The van der Waals surface area contributed by atoms with Gasteiger partial charge >= 0.3 is 5.97 Å². The SMILES string of the molecule is COc1ccc([C@@H]2C[C@H]2C(=O)N2CCc3c(F)ccc(-c4cc(CC(=O)O)ccc4OC)c3C2)cc1. The molecule has 3 aromatic carbocycles. The number of hydrogen-bond donors (Lipinski definition) is 1. The van der Waals surface area contributed by atoms with Gasteiger partial charge in [0.1, 0.15) is 17.3 Å². The van der Waals surface area contributed by atoms with Gasteiger partial charge in [-0.15, -0.1) is 0 Å². The lowest BCUT2D eigenvalue weighted by atomic mass is 9.89. The Hall–Kier alpha value is -3.87. The summed E-state index contributed by atoms with van der Waals surface area (Å²) >= 11 is 0. The van der Waals surface area contributed by atoms with Crippen molar-refractivity contribution in [1.82, 2.24) is 4.90 Å². The number of methoxy groups -OCH3 is 2. The van der Waals surface area contributed by atoms with E-state index < -0.39 is 5.97 Å². The van der Waals surface area contributed by atoms with Crippen LogP contribution in [0.3, 0.4) is 0 Å². The largest absolute Gasteiger partial charge is 0.497 e. The van der Waals surface area contributed by atoms with Gasteiger partial charge in [0, 0.05) is 24.6 Å². The predicted molar refractivity (Wildman–Crippen MR) is 133 cm³/mol. The summed E-state index contributed by atoms with van der Waals surface area (Å²) in [5.41, 5.74) is 4.56. The molecule has 0 radical (unpaired) electrons. The van der Waals surface area contributed by atoms with Crippen LogP contribution in [0.25, 0.3) is 11.1 Å². The highest BCUT2D eigenvalue weighted by atomic mass is 19.1. The van der Waals surface area contributed by atoms with Gasteiger partial charge < -0.3 is 19.5 Å². The number of carbonyl (C=O) groups is 2. The summed E-state index contributed by atoms with van der Waals surface area (Å²) < 4.78 is 25.6. The lowest BCUT2D eigenvalue weighted by molar-refractivity contribution is -0.136. The van der Waals surface area contributed by atoms with E-state index in [1.165, 1.54) is 6.07 Å². The molecule has 6 nitrogen and oxygen atoms in total. The number of hydrogen-bond acceptors (Lipinski definition) is 4. The Bertz CT molecular complexity index is 1320. The highest BCUT2D eigenvalue weighted by Gasteiger charge is 2.46. The van der Waals surface area contributed by atoms with Crippen LogP contribution in [0, 0.1) is 11.7 Å². The van der Waals surface area contributed by atoms with Crippen molar-refractivity contribution < 1.29 is 28.6 Å². The molecule has 0 bridgehead atoms. The van der Waals surface area contributed by atoms with E-state index in [0.717, 1.165) is 28.9 Å². The molecule has 1 saturated carbocycles. The molecule has 2 aliphatic rings. The van der Waals surface area contributed by atoms with Gasteiger partial charge in [-0.25, -0.2) is 4.39 Å². The molecular formula is C29H28FNO5. The Morgan fingerprint density at radius 3 is 2.47 bits per heavy atom. The number of carboxylic acids is 1. The molecule has 0 saturated heterocycles. The average Bonchev–Trinajstić information content (AvgIpc) is 3.69. The number of ether oxygens (including phenoxy) is 2. The van der Waals surface area contributed by atoms with Crippen molar-refractivity contribution in [1.29, 1.82) is 0 Å². The quantitative estimate of drug-likeness (QED) is 0.515. The molecule has 1 aliphatic carbocycles. The maximum absolute atomic E-state index is 14.8. The summed E-state index contributed by atoms with van der Waals surface area (Å²) in [4.78, 5) is 26.5. The van der Waals surface area contributed by atoms with E-state index in [0.29, 0.717) is 42.0 Å². The molecule has 36 heavy (non-hydrogen) atoms. The number of carbonyl (C=O) groups excluding carboxylic acids is 1. The van der Waals surface area contributed by atoms with Crippen molar-refractivity contribution in [2.75, 3.05) is 20.8 Å². The molecule has 1 amide bonds. The van der Waals surface area contributed by atoms with Crippen LogP contribution < -0.4 is 9.47 Å². The summed E-state index contributed by atoms with van der Waals surface area (Å²) in [6.07, 6.45) is 1.10. The number of carboxylic acid groups (broad SMARTS) is 1. The van der Waals surface area contributed by atoms with E-state index in [1.807, 2.05) is 29.2 Å². The van der Waals surface area contributed by atoms with Crippen molar-refractivity contribution in [3.8, 4) is 22.6 Å². The molecular weight excluding hydrogens is 461 g/mol. The van der Waals surface area contributed by atoms with Crippen LogP contribution in [0.5, 0.6) is 11.5 Å². The Kier molecular flexibility index (Phi) is 6.39. The van der Waals surface area contributed by atoms with Gasteiger partial charge in [0.15, 0.2) is 0 Å². The topological polar surface area (TPSA) is 76.1 Å². The number of benzene rings is 3. The Balaban J connectivity index is 1.42. The molecule has 7 heteroatoms. The monoisotopic (exact) mass is 489 g/mol. The lowest BCUT2D eigenvalue weighted by Gasteiger charge is -2.31. The molecule has 5 rings (SSSR count).